The van der Waals surface area contributed by atoms with Crippen molar-refractivity contribution in [1.29, 1.82) is 0 Å². The SMILES string of the molecule is CC(=O)N[C@@H]1C(O)C[C@](O[C@H]2C(O)C(CO)O[C@@H](O[C@@H]3C(CO)O[C@@H](O)C(Br)C3O[C@@H]3O[C@@H](C)C(O)C(O)C3O)C2O)(C(=O)O)OC1[C@H](O)[C@H](O)CO. The van der Waals surface area contributed by atoms with Gasteiger partial charge in [-0.3, -0.25) is 4.79 Å². The quantitative estimate of drug-likeness (QED) is 0.0766. The average Bonchev–Trinajstić information content (AvgIpc) is 3.11. The van der Waals surface area contributed by atoms with Crippen molar-refractivity contribution in [3.05, 3.63) is 0 Å². The number of hydrogen-bond acceptors (Lipinski definition) is 21. The summed E-state index contributed by atoms with van der Waals surface area (Å²) in [5.74, 6) is -5.83. The second-order valence-corrected chi connectivity index (χ2v) is 14.3. The largest absolute Gasteiger partial charge is 0.477 e. The smallest absolute Gasteiger partial charge is 0.364 e. The molecule has 53 heavy (non-hydrogen) atoms. The minimum absolute atomic E-state index is 0.764. The third kappa shape index (κ3) is 9.29. The van der Waals surface area contributed by atoms with Gasteiger partial charge in [0.1, 0.15) is 79.4 Å². The molecule has 4 heterocycles. The molecule has 14 N–H and O–H groups in total. The zero-order valence-electron chi connectivity index (χ0n) is 28.2. The van der Waals surface area contributed by atoms with E-state index in [0.717, 1.165) is 6.92 Å². The predicted octanol–water partition coefficient (Wildman–Crippen LogP) is -7.97. The van der Waals surface area contributed by atoms with Gasteiger partial charge in [-0.15, -0.1) is 0 Å². The fourth-order valence-corrected chi connectivity index (χ4v) is 7.11. The fraction of sp³-hybridized carbons (Fsp3) is 0.931. The number of amides is 1. The molecule has 4 fully saturated rings. The lowest BCUT2D eigenvalue weighted by molar-refractivity contribution is -0.387. The summed E-state index contributed by atoms with van der Waals surface area (Å²) < 4.78 is 39.5. The summed E-state index contributed by atoms with van der Waals surface area (Å²) in [6, 6.07) is -1.57. The van der Waals surface area contributed by atoms with Crippen LogP contribution >= 0.6 is 15.9 Å². The van der Waals surface area contributed by atoms with Crippen molar-refractivity contribution in [3.63, 3.8) is 0 Å². The lowest BCUT2D eigenvalue weighted by Crippen LogP contribution is -2.71. The van der Waals surface area contributed by atoms with E-state index in [-0.39, 0.29) is 0 Å². The first-order valence-electron chi connectivity index (χ1n) is 16.5. The van der Waals surface area contributed by atoms with E-state index in [1.54, 1.807) is 0 Å². The molecule has 0 aromatic rings. The molecule has 0 bridgehead atoms. The van der Waals surface area contributed by atoms with Crippen LogP contribution in [0.3, 0.4) is 0 Å². The van der Waals surface area contributed by atoms with Crippen LogP contribution in [0.1, 0.15) is 20.3 Å². The zero-order valence-corrected chi connectivity index (χ0v) is 29.8. The number of aliphatic hydroxyl groups is 12. The van der Waals surface area contributed by atoms with Crippen molar-refractivity contribution in [2.75, 3.05) is 19.8 Å². The number of alkyl halides is 1. The zero-order chi connectivity index (χ0) is 39.7. The Bertz CT molecular complexity index is 1230. The van der Waals surface area contributed by atoms with E-state index in [0.29, 0.717) is 0 Å². The molecule has 0 radical (unpaired) electrons. The second kappa shape index (κ2) is 18.3. The van der Waals surface area contributed by atoms with Crippen LogP contribution in [-0.4, -0.2) is 225 Å². The van der Waals surface area contributed by atoms with Gasteiger partial charge >= 0.3 is 5.97 Å². The second-order valence-electron chi connectivity index (χ2n) is 13.2. The van der Waals surface area contributed by atoms with E-state index in [9.17, 15) is 76.0 Å². The Balaban J connectivity index is 1.66. The van der Waals surface area contributed by atoms with Crippen molar-refractivity contribution in [1.82, 2.24) is 5.32 Å². The minimum Gasteiger partial charge on any atom is -0.477 e. The van der Waals surface area contributed by atoms with E-state index in [4.69, 9.17) is 33.2 Å². The van der Waals surface area contributed by atoms with Crippen LogP contribution in [0.25, 0.3) is 0 Å². The molecule has 0 aromatic carbocycles. The summed E-state index contributed by atoms with van der Waals surface area (Å²) in [7, 11) is 0. The summed E-state index contributed by atoms with van der Waals surface area (Å²) in [5.41, 5.74) is 0. The van der Waals surface area contributed by atoms with Crippen molar-refractivity contribution in [3.8, 4) is 0 Å². The number of rotatable bonds is 13. The van der Waals surface area contributed by atoms with Gasteiger partial charge in [0.05, 0.1) is 42.9 Å². The minimum atomic E-state index is -3.07. The topological polar surface area (TPSA) is 374 Å². The summed E-state index contributed by atoms with van der Waals surface area (Å²) in [6.45, 7) is -0.549. The predicted molar refractivity (Wildman–Crippen MR) is 168 cm³/mol. The van der Waals surface area contributed by atoms with Crippen molar-refractivity contribution >= 4 is 27.8 Å². The van der Waals surface area contributed by atoms with Crippen LogP contribution in [0.5, 0.6) is 0 Å². The van der Waals surface area contributed by atoms with Gasteiger partial charge in [0.15, 0.2) is 18.9 Å². The fourth-order valence-electron chi connectivity index (χ4n) is 6.56. The molecule has 11 unspecified atom stereocenters. The van der Waals surface area contributed by atoms with Crippen molar-refractivity contribution < 1.29 is 109 Å². The molecule has 0 aliphatic carbocycles. The third-order valence-corrected chi connectivity index (χ3v) is 10.5. The van der Waals surface area contributed by atoms with E-state index < -0.39 is 165 Å². The number of aliphatic hydroxyl groups excluding tert-OH is 12. The number of carbonyl (C=O) groups is 2. The summed E-state index contributed by atoms with van der Waals surface area (Å²) in [6.07, 6.45) is -33.4. The lowest BCUT2D eigenvalue weighted by Gasteiger charge is -2.51. The number of nitrogens with one attached hydrogen (secondary N) is 1. The monoisotopic (exact) mass is 841 g/mol. The highest BCUT2D eigenvalue weighted by atomic mass is 79.9. The summed E-state index contributed by atoms with van der Waals surface area (Å²) >= 11 is 3.18. The first-order valence-corrected chi connectivity index (χ1v) is 17.5. The van der Waals surface area contributed by atoms with E-state index in [1.807, 2.05) is 0 Å². The van der Waals surface area contributed by atoms with E-state index in [1.165, 1.54) is 6.92 Å². The molecule has 0 aromatic heterocycles. The summed E-state index contributed by atoms with van der Waals surface area (Å²) in [4.78, 5) is 23.4. The number of aliphatic carboxylic acids is 1. The van der Waals surface area contributed by atoms with Gasteiger partial charge in [-0.25, -0.2) is 4.79 Å². The van der Waals surface area contributed by atoms with Crippen molar-refractivity contribution in [2.24, 2.45) is 0 Å². The molecule has 0 saturated carbocycles. The molecule has 4 saturated heterocycles. The average molecular weight is 843 g/mol. The van der Waals surface area contributed by atoms with Crippen LogP contribution in [0.2, 0.25) is 0 Å². The maximum atomic E-state index is 12.8. The highest BCUT2D eigenvalue weighted by molar-refractivity contribution is 9.09. The van der Waals surface area contributed by atoms with Gasteiger partial charge in [0.2, 0.25) is 5.91 Å². The Morgan fingerprint density at radius 1 is 0.830 bits per heavy atom. The first-order chi connectivity index (χ1) is 24.8. The van der Waals surface area contributed by atoms with Gasteiger partial charge < -0.3 is 105 Å². The number of ether oxygens (including phenoxy) is 7. The van der Waals surface area contributed by atoms with Gasteiger partial charge in [0.25, 0.3) is 5.79 Å². The van der Waals surface area contributed by atoms with Gasteiger partial charge in [0, 0.05) is 13.3 Å². The maximum Gasteiger partial charge on any atom is 0.364 e. The van der Waals surface area contributed by atoms with Crippen LogP contribution in [0, 0.1) is 0 Å². The highest BCUT2D eigenvalue weighted by Crippen LogP contribution is 2.39. The van der Waals surface area contributed by atoms with Gasteiger partial charge in [-0.05, 0) is 6.92 Å². The Hall–Kier alpha value is -1.34. The van der Waals surface area contributed by atoms with Crippen LogP contribution in [0.15, 0.2) is 0 Å². The molecule has 308 valence electrons. The number of carbonyl (C=O) groups excluding carboxylic acids is 1. The number of carboxylic acid groups (broad SMARTS) is 1. The van der Waals surface area contributed by atoms with E-state index in [2.05, 4.69) is 21.2 Å². The van der Waals surface area contributed by atoms with Crippen LogP contribution in [-0.2, 0) is 42.7 Å². The molecular formula is C29H48BrNO22. The molecular weight excluding hydrogens is 794 g/mol. The summed E-state index contributed by atoms with van der Waals surface area (Å²) in [5, 5.41) is 138. The normalized spacial score (nSPS) is 47.8. The molecule has 23 nitrogen and oxygen atoms in total. The molecule has 4 aliphatic heterocycles. The maximum absolute atomic E-state index is 12.8. The Kier molecular flexibility index (Phi) is 15.3. The molecule has 1 amide bonds. The number of hydrogen-bond donors (Lipinski definition) is 14. The number of halogens is 1. The Labute approximate surface area is 309 Å². The molecule has 4 aliphatic rings. The lowest BCUT2D eigenvalue weighted by atomic mass is 9.88. The van der Waals surface area contributed by atoms with Crippen molar-refractivity contribution in [2.45, 2.75) is 147 Å². The molecule has 4 rings (SSSR count). The third-order valence-electron chi connectivity index (χ3n) is 9.50. The molecule has 0 spiro atoms. The van der Waals surface area contributed by atoms with Gasteiger partial charge in [-0.1, -0.05) is 15.9 Å². The standard InChI is InChI=1S/C29H48BrNO22/c1-7-15(38)18(41)19(42)26(47-7)51-22-13(30)25(44)48-12(6-34)21(22)50-27-20(43)24(17(40)11(5-33)49-27)53-29(28(45)46)3-9(36)14(31-8(2)35)23(52-29)16(39)10(37)4-32/h7,9-27,32-34,36-44H,3-6H2,1-2H3,(H,31,35)(H,45,46)/t7-,9?,10+,11?,12?,13?,14+,15?,16+,17?,18?,19?,20?,21+,22?,23?,24-,25+,26-,27-,29-/m0/s1. The molecule has 24 heteroatoms. The Morgan fingerprint density at radius 2 is 1.43 bits per heavy atom. The van der Waals surface area contributed by atoms with Crippen LogP contribution < -0.4 is 5.32 Å². The van der Waals surface area contributed by atoms with E-state index >= 15 is 0 Å². The highest BCUT2D eigenvalue weighted by Gasteiger charge is 2.60. The molecule has 21 atom stereocenters. The Morgan fingerprint density at radius 3 is 2.00 bits per heavy atom. The first kappa shape index (κ1) is 44.4. The van der Waals surface area contributed by atoms with Crippen LogP contribution in [0.4, 0.5) is 0 Å². The van der Waals surface area contributed by atoms with Gasteiger partial charge in [-0.2, -0.15) is 0 Å². The number of carboxylic acids is 1.